The molecule has 0 aliphatic rings. The van der Waals surface area contributed by atoms with Gasteiger partial charge in [0.25, 0.3) is 0 Å². The molecule has 0 heterocycles. The van der Waals surface area contributed by atoms with Crippen LogP contribution in [0.25, 0.3) is 0 Å². The van der Waals surface area contributed by atoms with Gasteiger partial charge in [0.1, 0.15) is 10.8 Å². The molecule has 7 heteroatoms. The van der Waals surface area contributed by atoms with Gasteiger partial charge in [-0.15, -0.1) is 0 Å². The summed E-state index contributed by atoms with van der Waals surface area (Å²) in [5.74, 6) is -0.242. The molecule has 0 fully saturated rings. The molecular formula is C15H22BrO5P. The number of hydrogen-bond acceptors (Lipinski definition) is 5. The van der Waals surface area contributed by atoms with E-state index in [1.807, 2.05) is 6.07 Å². The number of carbonyl (C=O) groups is 1. The van der Waals surface area contributed by atoms with Gasteiger partial charge in [0.15, 0.2) is 5.16 Å². The Morgan fingerprint density at radius 2 is 1.91 bits per heavy atom. The van der Waals surface area contributed by atoms with Crippen LogP contribution in [0, 0.1) is 0 Å². The van der Waals surface area contributed by atoms with Crippen LogP contribution in [0.15, 0.2) is 30.3 Å². The summed E-state index contributed by atoms with van der Waals surface area (Å²) in [6.45, 7) is 6.84. The van der Waals surface area contributed by atoms with Crippen molar-refractivity contribution in [2.45, 2.75) is 44.3 Å². The van der Waals surface area contributed by atoms with Gasteiger partial charge in [-0.2, -0.15) is 0 Å². The molecule has 3 atom stereocenters. The number of halogens is 1. The Kier molecular flexibility index (Phi) is 7.26. The van der Waals surface area contributed by atoms with E-state index in [-0.39, 0.29) is 13.0 Å². The Hall–Kier alpha value is -0.680. The summed E-state index contributed by atoms with van der Waals surface area (Å²) in [7, 11) is -3.71. The lowest BCUT2D eigenvalue weighted by Crippen LogP contribution is -2.40. The molecular weight excluding hydrogens is 371 g/mol. The second-order valence-corrected chi connectivity index (χ2v) is 8.63. The fourth-order valence-electron chi connectivity index (χ4n) is 1.81. The van der Waals surface area contributed by atoms with Crippen LogP contribution in [0.5, 0.6) is 5.75 Å². The van der Waals surface area contributed by atoms with Gasteiger partial charge in [-0.05, 0) is 39.3 Å². The van der Waals surface area contributed by atoms with Crippen molar-refractivity contribution in [2.24, 2.45) is 0 Å². The average Bonchev–Trinajstić information content (AvgIpc) is 2.46. The highest BCUT2D eigenvalue weighted by Gasteiger charge is 2.54. The predicted octanol–water partition coefficient (Wildman–Crippen LogP) is 4.75. The molecule has 5 nitrogen and oxygen atoms in total. The molecule has 1 aromatic carbocycles. The third-order valence-electron chi connectivity index (χ3n) is 3.27. The quantitative estimate of drug-likeness (QED) is 0.276. The summed E-state index contributed by atoms with van der Waals surface area (Å²) in [6.07, 6.45) is 0.260. The fourth-order valence-corrected chi connectivity index (χ4v) is 4.42. The number of benzene rings is 1. The van der Waals surface area contributed by atoms with Crippen LogP contribution in [-0.4, -0.2) is 22.7 Å². The summed E-state index contributed by atoms with van der Waals surface area (Å²) < 4.78 is 29.3. The van der Waals surface area contributed by atoms with Crippen LogP contribution in [0.4, 0.5) is 0 Å². The lowest BCUT2D eigenvalue weighted by molar-refractivity contribution is -0.137. The molecule has 0 saturated carbocycles. The van der Waals surface area contributed by atoms with E-state index in [9.17, 15) is 9.36 Å². The third kappa shape index (κ3) is 4.42. The van der Waals surface area contributed by atoms with Gasteiger partial charge < -0.3 is 9.26 Å². The Labute approximate surface area is 140 Å². The van der Waals surface area contributed by atoms with Crippen molar-refractivity contribution < 1.29 is 23.1 Å². The number of para-hydroxylation sites is 1. The molecule has 0 radical (unpaired) electrons. The average molecular weight is 393 g/mol. The van der Waals surface area contributed by atoms with Crippen molar-refractivity contribution in [2.75, 3.05) is 6.61 Å². The van der Waals surface area contributed by atoms with Gasteiger partial charge in [-0.25, -0.2) is 0 Å². The lowest BCUT2D eigenvalue weighted by atomic mass is 10.1. The first-order valence-electron chi connectivity index (χ1n) is 7.13. The van der Waals surface area contributed by atoms with Gasteiger partial charge in [-0.1, -0.05) is 41.1 Å². The molecule has 0 aliphatic carbocycles. The largest absolute Gasteiger partial charge is 0.426 e. The molecule has 1 rings (SSSR count). The van der Waals surface area contributed by atoms with Crippen LogP contribution in [0.3, 0.4) is 0 Å². The van der Waals surface area contributed by atoms with Gasteiger partial charge in [0, 0.05) is 0 Å². The Balaban J connectivity index is 3.10. The molecule has 0 saturated heterocycles. The molecule has 1 aromatic rings. The summed E-state index contributed by atoms with van der Waals surface area (Å²) in [6, 6.07) is 8.65. The van der Waals surface area contributed by atoms with E-state index in [1.54, 1.807) is 52.0 Å². The molecule has 0 spiro atoms. The van der Waals surface area contributed by atoms with Crippen LogP contribution < -0.4 is 4.74 Å². The van der Waals surface area contributed by atoms with E-state index >= 15 is 0 Å². The zero-order valence-electron chi connectivity index (χ0n) is 13.2. The second-order valence-electron chi connectivity index (χ2n) is 4.89. The van der Waals surface area contributed by atoms with Crippen LogP contribution >= 0.6 is 23.5 Å². The monoisotopic (exact) mass is 392 g/mol. The van der Waals surface area contributed by atoms with Crippen molar-refractivity contribution in [3.63, 3.8) is 0 Å². The maximum atomic E-state index is 13.1. The number of hydrogen-bond donors (Lipinski definition) is 0. The number of ether oxygens (including phenoxy) is 1. The van der Waals surface area contributed by atoms with Crippen LogP contribution in [0.1, 0.15) is 34.1 Å². The lowest BCUT2D eigenvalue weighted by Gasteiger charge is -2.33. The maximum Gasteiger partial charge on any atom is 0.348 e. The molecule has 0 amide bonds. The van der Waals surface area contributed by atoms with Crippen molar-refractivity contribution in [3.05, 3.63) is 30.3 Å². The summed E-state index contributed by atoms with van der Waals surface area (Å²) in [5, 5.41) is -1.90. The first-order chi connectivity index (χ1) is 10.3. The highest BCUT2D eigenvalue weighted by molar-refractivity contribution is 9.09. The van der Waals surface area contributed by atoms with Gasteiger partial charge >= 0.3 is 13.6 Å². The normalized spacial score (nSPS) is 18.0. The highest BCUT2D eigenvalue weighted by atomic mass is 79.9. The zero-order chi connectivity index (χ0) is 16.8. The van der Waals surface area contributed by atoms with Gasteiger partial charge in [0.2, 0.25) is 0 Å². The van der Waals surface area contributed by atoms with E-state index < -0.39 is 23.7 Å². The number of alkyl halides is 1. The van der Waals surface area contributed by atoms with Crippen molar-refractivity contribution in [3.8, 4) is 5.75 Å². The molecule has 0 N–H and O–H groups in total. The molecule has 0 bridgehead atoms. The summed E-state index contributed by atoms with van der Waals surface area (Å²) in [5.41, 5.74) is 0. The van der Waals surface area contributed by atoms with Crippen LogP contribution in [0.2, 0.25) is 0 Å². The Bertz CT molecular complexity index is 534. The third-order valence-corrected chi connectivity index (χ3v) is 6.64. The topological polar surface area (TPSA) is 61.8 Å². The summed E-state index contributed by atoms with van der Waals surface area (Å²) >= 11 is 3.19. The van der Waals surface area contributed by atoms with E-state index in [4.69, 9.17) is 13.8 Å². The van der Waals surface area contributed by atoms with Crippen LogP contribution in [-0.2, 0) is 18.4 Å². The minimum absolute atomic E-state index is 0.172. The van der Waals surface area contributed by atoms with E-state index in [0.29, 0.717) is 5.75 Å². The minimum atomic E-state index is -3.71. The van der Waals surface area contributed by atoms with E-state index in [1.165, 1.54) is 0 Å². The van der Waals surface area contributed by atoms with E-state index in [2.05, 4.69) is 15.9 Å². The number of rotatable bonds is 8. The summed E-state index contributed by atoms with van der Waals surface area (Å²) in [4.78, 5) is 12.6. The standard InChI is InChI=1S/C15H22BrO5P/c1-5-15(4,22(18,19-6-2)21-12(3)16)14(17)20-13-10-8-7-9-11-13/h7-12H,5-6H2,1-4H3. The Morgan fingerprint density at radius 1 is 1.32 bits per heavy atom. The van der Waals surface area contributed by atoms with Crippen molar-refractivity contribution in [1.29, 1.82) is 0 Å². The van der Waals surface area contributed by atoms with Gasteiger partial charge in [-0.3, -0.25) is 13.9 Å². The smallest absolute Gasteiger partial charge is 0.348 e. The Morgan fingerprint density at radius 3 is 2.36 bits per heavy atom. The van der Waals surface area contributed by atoms with Gasteiger partial charge in [0.05, 0.1) is 6.61 Å². The molecule has 22 heavy (non-hydrogen) atoms. The van der Waals surface area contributed by atoms with Crippen molar-refractivity contribution in [1.82, 2.24) is 0 Å². The zero-order valence-corrected chi connectivity index (χ0v) is 15.7. The minimum Gasteiger partial charge on any atom is -0.426 e. The predicted molar refractivity (Wildman–Crippen MR) is 89.5 cm³/mol. The maximum absolute atomic E-state index is 13.1. The fraction of sp³-hybridized carbons (Fsp3) is 0.533. The first kappa shape index (κ1) is 19.4. The SMILES string of the molecule is CCOP(=O)(OC(C)Br)C(C)(CC)C(=O)Oc1ccccc1. The highest BCUT2D eigenvalue weighted by Crippen LogP contribution is 2.62. The molecule has 0 aliphatic heterocycles. The second kappa shape index (κ2) is 8.25. The molecule has 3 unspecified atom stereocenters. The van der Waals surface area contributed by atoms with Crippen molar-refractivity contribution >= 4 is 29.5 Å². The molecule has 0 aromatic heterocycles. The van der Waals surface area contributed by atoms with E-state index in [0.717, 1.165) is 0 Å². The number of carbonyl (C=O) groups excluding carboxylic acids is 1. The number of esters is 1. The molecule has 124 valence electrons. The first-order valence-corrected chi connectivity index (χ1v) is 9.59.